The van der Waals surface area contributed by atoms with E-state index in [4.69, 9.17) is 4.55 Å². The quantitative estimate of drug-likeness (QED) is 0.440. The summed E-state index contributed by atoms with van der Waals surface area (Å²) >= 11 is 0. The number of H-pyrrole nitrogens is 1. The Labute approximate surface area is 158 Å². The van der Waals surface area contributed by atoms with Crippen molar-refractivity contribution in [3.8, 4) is 5.69 Å². The van der Waals surface area contributed by atoms with Crippen LogP contribution in [-0.4, -0.2) is 33.8 Å². The van der Waals surface area contributed by atoms with Crippen LogP contribution in [0.3, 0.4) is 0 Å². The van der Waals surface area contributed by atoms with Gasteiger partial charge in [0.1, 0.15) is 0 Å². The molecule has 3 rings (SSSR count). The Kier molecular flexibility index (Phi) is 4.94. The molecule has 1 heterocycles. The van der Waals surface area contributed by atoms with Crippen molar-refractivity contribution in [2.45, 2.75) is 11.8 Å². The predicted molar refractivity (Wildman–Crippen MR) is 98.5 cm³/mol. The summed E-state index contributed by atoms with van der Waals surface area (Å²) in [5, 5.41) is 19.4. The Hall–Kier alpha value is -3.57. The highest BCUT2D eigenvalue weighted by atomic mass is 32.2. The molecule has 0 radical (unpaired) electrons. The lowest BCUT2D eigenvalue weighted by atomic mass is 10.2. The third-order valence-corrected chi connectivity index (χ3v) is 4.64. The summed E-state index contributed by atoms with van der Waals surface area (Å²) in [5.74, 6) is -1.41. The van der Waals surface area contributed by atoms with Crippen LogP contribution in [0, 0.1) is 6.92 Å². The molecule has 144 valence electrons. The molecule has 28 heavy (non-hydrogen) atoms. The number of hydrogen-bond donors (Lipinski definition) is 3. The van der Waals surface area contributed by atoms with E-state index in [0.717, 1.165) is 22.4 Å². The maximum absolute atomic E-state index is 12.6. The lowest BCUT2D eigenvalue weighted by Gasteiger charge is -2.02. The zero-order chi connectivity index (χ0) is 20.5. The van der Waals surface area contributed by atoms with E-state index >= 15 is 0 Å². The molecule has 0 bridgehead atoms. The molecule has 0 saturated heterocycles. The summed E-state index contributed by atoms with van der Waals surface area (Å²) in [6.07, 6.45) is 0. The van der Waals surface area contributed by atoms with Crippen molar-refractivity contribution in [1.29, 1.82) is 0 Å². The first-order valence-electron chi connectivity index (χ1n) is 7.81. The third-order valence-electron chi connectivity index (χ3n) is 3.77. The van der Waals surface area contributed by atoms with Gasteiger partial charge in [-0.25, -0.2) is 9.48 Å². The van der Waals surface area contributed by atoms with Gasteiger partial charge in [0, 0.05) is 0 Å². The van der Waals surface area contributed by atoms with Crippen molar-refractivity contribution in [2.24, 2.45) is 10.2 Å². The van der Waals surface area contributed by atoms with Crippen LogP contribution in [0.4, 0.5) is 11.4 Å². The smallest absolute Gasteiger partial charge is 0.356 e. The number of nitrogens with one attached hydrogen (secondary N) is 1. The highest BCUT2D eigenvalue weighted by Crippen LogP contribution is 2.20. The fourth-order valence-electron chi connectivity index (χ4n) is 2.34. The third kappa shape index (κ3) is 3.89. The highest BCUT2D eigenvalue weighted by Gasteiger charge is 2.21. The number of hydrogen-bond acceptors (Lipinski definition) is 6. The second-order valence-corrected chi connectivity index (χ2v) is 7.21. The lowest BCUT2D eigenvalue weighted by molar-refractivity contribution is 0.0690. The molecule has 0 fully saturated rings. The Bertz CT molecular complexity index is 1220. The van der Waals surface area contributed by atoms with E-state index in [2.05, 4.69) is 15.3 Å². The molecule has 3 aromatic rings. The molecule has 10 nitrogen and oxygen atoms in total. The van der Waals surface area contributed by atoms with E-state index in [-0.39, 0.29) is 10.6 Å². The largest absolute Gasteiger partial charge is 0.476 e. The minimum Gasteiger partial charge on any atom is -0.476 e. The first-order valence-corrected chi connectivity index (χ1v) is 9.25. The van der Waals surface area contributed by atoms with Gasteiger partial charge in [-0.05, 0) is 43.3 Å². The monoisotopic (exact) mass is 402 g/mol. The van der Waals surface area contributed by atoms with Crippen molar-refractivity contribution in [2.75, 3.05) is 0 Å². The highest BCUT2D eigenvalue weighted by molar-refractivity contribution is 7.85. The Morgan fingerprint density at radius 3 is 2.18 bits per heavy atom. The van der Waals surface area contributed by atoms with E-state index in [9.17, 15) is 23.1 Å². The van der Waals surface area contributed by atoms with Crippen molar-refractivity contribution >= 4 is 27.5 Å². The Morgan fingerprint density at radius 1 is 1.04 bits per heavy atom. The number of aromatic amines is 1. The van der Waals surface area contributed by atoms with Gasteiger partial charge in [-0.1, -0.05) is 17.7 Å². The number of carboxylic acid groups (broad SMARTS) is 1. The van der Waals surface area contributed by atoms with Crippen molar-refractivity contribution in [3.05, 3.63) is 70.1 Å². The molecular weight excluding hydrogens is 388 g/mol. The molecule has 1 aromatic heterocycles. The average molecular weight is 402 g/mol. The minimum atomic E-state index is -4.40. The summed E-state index contributed by atoms with van der Waals surface area (Å²) in [6.45, 7) is 1.89. The number of azo groups is 1. The van der Waals surface area contributed by atoms with E-state index in [1.165, 1.54) is 12.1 Å². The number of carboxylic acids is 1. The number of aromatic carboxylic acids is 1. The van der Waals surface area contributed by atoms with Crippen LogP contribution in [0.1, 0.15) is 16.1 Å². The van der Waals surface area contributed by atoms with Crippen molar-refractivity contribution < 1.29 is 22.9 Å². The molecule has 0 spiro atoms. The molecule has 0 aliphatic heterocycles. The topological polar surface area (TPSA) is 154 Å². The van der Waals surface area contributed by atoms with E-state index < -0.39 is 33.0 Å². The number of carbonyl (C=O) groups is 1. The van der Waals surface area contributed by atoms with Crippen LogP contribution in [0.5, 0.6) is 0 Å². The van der Waals surface area contributed by atoms with Crippen LogP contribution >= 0.6 is 0 Å². The van der Waals surface area contributed by atoms with Crippen LogP contribution in [0.25, 0.3) is 5.69 Å². The first kappa shape index (κ1) is 19.2. The summed E-state index contributed by atoms with van der Waals surface area (Å²) in [5.41, 5.74) is -0.0784. The van der Waals surface area contributed by atoms with Gasteiger partial charge in [-0.3, -0.25) is 14.4 Å². The van der Waals surface area contributed by atoms with Gasteiger partial charge in [-0.2, -0.15) is 13.5 Å². The van der Waals surface area contributed by atoms with Crippen LogP contribution in [0.15, 0.2) is 68.4 Å². The normalized spacial score (nSPS) is 11.8. The van der Waals surface area contributed by atoms with E-state index in [1.807, 2.05) is 6.92 Å². The van der Waals surface area contributed by atoms with Crippen LogP contribution in [-0.2, 0) is 10.1 Å². The molecule has 0 aliphatic carbocycles. The molecule has 11 heteroatoms. The molecule has 3 N–H and O–H groups in total. The second-order valence-electron chi connectivity index (χ2n) is 5.79. The predicted octanol–water partition coefficient (Wildman–Crippen LogP) is 2.83. The molecule has 0 atom stereocenters. The van der Waals surface area contributed by atoms with E-state index in [0.29, 0.717) is 5.69 Å². The number of rotatable bonds is 5. The van der Waals surface area contributed by atoms with E-state index in [1.54, 1.807) is 24.3 Å². The summed E-state index contributed by atoms with van der Waals surface area (Å²) in [7, 11) is -4.40. The Morgan fingerprint density at radius 2 is 1.64 bits per heavy atom. The van der Waals surface area contributed by atoms with Gasteiger partial charge in [0.2, 0.25) is 0 Å². The van der Waals surface area contributed by atoms with Crippen LogP contribution in [0.2, 0.25) is 0 Å². The van der Waals surface area contributed by atoms with Gasteiger partial charge in [-0.15, -0.1) is 5.11 Å². The minimum absolute atomic E-state index is 0.150. The number of aromatic nitrogens is 2. The lowest BCUT2D eigenvalue weighted by Crippen LogP contribution is -2.14. The maximum atomic E-state index is 12.6. The molecular formula is C17H14N4O6S. The number of aryl methyl sites for hydroxylation is 1. The summed E-state index contributed by atoms with van der Waals surface area (Å²) in [4.78, 5) is 23.7. The van der Waals surface area contributed by atoms with Crippen LogP contribution < -0.4 is 5.56 Å². The first-order chi connectivity index (χ1) is 13.2. The zero-order valence-electron chi connectivity index (χ0n) is 14.4. The molecule has 0 aliphatic rings. The summed E-state index contributed by atoms with van der Waals surface area (Å²) < 4.78 is 32.1. The van der Waals surface area contributed by atoms with Crippen molar-refractivity contribution in [1.82, 2.24) is 9.78 Å². The SMILES string of the molecule is Cc1ccc(N=Nc2c(C(=O)O)[nH]n(-c3ccc(S(=O)(=O)O)cc3)c2=O)cc1. The fraction of sp³-hybridized carbons (Fsp3) is 0.0588. The number of nitrogens with zero attached hydrogens (tertiary/aromatic N) is 3. The zero-order valence-corrected chi connectivity index (χ0v) is 15.2. The standard InChI is InChI=1S/C17H14N4O6S/c1-10-2-4-11(5-3-10)18-19-14-15(17(23)24)20-21(16(14)22)12-6-8-13(9-7-12)28(25,26)27/h2-9,20H,1H3,(H,23,24)(H,25,26,27). The Balaban J connectivity index is 2.05. The maximum Gasteiger partial charge on any atom is 0.356 e. The van der Waals surface area contributed by atoms with Gasteiger partial charge in [0.05, 0.1) is 16.3 Å². The molecule has 0 amide bonds. The number of benzene rings is 2. The van der Waals surface area contributed by atoms with Gasteiger partial charge in [0.25, 0.3) is 15.7 Å². The molecule has 0 unspecified atom stereocenters. The second kappa shape index (κ2) is 7.21. The van der Waals surface area contributed by atoms with Gasteiger partial charge < -0.3 is 5.11 Å². The summed E-state index contributed by atoms with van der Waals surface area (Å²) in [6, 6.07) is 11.5. The molecule has 2 aromatic carbocycles. The van der Waals surface area contributed by atoms with Gasteiger partial charge in [0.15, 0.2) is 11.4 Å². The average Bonchev–Trinajstić information content (AvgIpc) is 2.97. The fourth-order valence-corrected chi connectivity index (χ4v) is 2.82. The van der Waals surface area contributed by atoms with Gasteiger partial charge >= 0.3 is 5.97 Å². The van der Waals surface area contributed by atoms with Crippen molar-refractivity contribution in [3.63, 3.8) is 0 Å². The molecule has 0 saturated carbocycles.